The molecule has 32 heavy (non-hydrogen) atoms. The van der Waals surface area contributed by atoms with Gasteiger partial charge in [0.2, 0.25) is 21.1 Å². The van der Waals surface area contributed by atoms with Crippen molar-refractivity contribution in [1.29, 1.82) is 0 Å². The molecule has 0 aliphatic rings. The van der Waals surface area contributed by atoms with Crippen LogP contribution in [0.4, 0.5) is 0 Å². The molecular formula is C20H21Cl2N5O3S2. The largest absolute Gasteiger partial charge is 0.354 e. The Kier molecular flexibility index (Phi) is 8.55. The normalized spacial score (nSPS) is 11.6. The SMILES string of the molecule is Cc1nc(SCCNC(=O)CN(Cc2ccc(Cl)cc2Cl)S(=O)(=O)c2ccccc2)n[nH]1. The van der Waals surface area contributed by atoms with E-state index >= 15 is 0 Å². The fourth-order valence-electron chi connectivity index (χ4n) is 2.74. The van der Waals surface area contributed by atoms with Crippen LogP contribution in [-0.2, 0) is 21.4 Å². The number of amides is 1. The Bertz CT molecular complexity index is 1170. The lowest BCUT2D eigenvalue weighted by molar-refractivity contribution is -0.121. The highest BCUT2D eigenvalue weighted by Gasteiger charge is 2.27. The minimum Gasteiger partial charge on any atom is -0.354 e. The van der Waals surface area contributed by atoms with E-state index in [4.69, 9.17) is 23.2 Å². The van der Waals surface area contributed by atoms with E-state index in [0.29, 0.717) is 38.9 Å². The summed E-state index contributed by atoms with van der Waals surface area (Å²) in [5, 5.41) is 10.8. The Morgan fingerprint density at radius 3 is 2.59 bits per heavy atom. The molecule has 8 nitrogen and oxygen atoms in total. The molecule has 2 aromatic carbocycles. The standard InChI is InChI=1S/C20H21Cl2N5O3S2/c1-14-24-20(26-25-14)31-10-9-23-19(28)13-27(12-15-7-8-16(21)11-18(15)22)32(29,30)17-5-3-2-4-6-17/h2-8,11H,9-10,12-13H2,1H3,(H,23,28)(H,24,25,26). The van der Waals surface area contributed by atoms with Crippen LogP contribution in [0.25, 0.3) is 0 Å². The number of aryl methyl sites for hydroxylation is 1. The number of hydrogen-bond donors (Lipinski definition) is 2. The van der Waals surface area contributed by atoms with E-state index < -0.39 is 15.9 Å². The predicted octanol–water partition coefficient (Wildman–Crippen LogP) is 3.52. The van der Waals surface area contributed by atoms with Gasteiger partial charge in [-0.1, -0.05) is 59.2 Å². The number of aromatic amines is 1. The number of rotatable bonds is 10. The van der Waals surface area contributed by atoms with Crippen LogP contribution >= 0.6 is 35.0 Å². The predicted molar refractivity (Wildman–Crippen MR) is 125 cm³/mol. The molecule has 2 N–H and O–H groups in total. The summed E-state index contributed by atoms with van der Waals surface area (Å²) < 4.78 is 27.5. The van der Waals surface area contributed by atoms with Gasteiger partial charge in [-0.3, -0.25) is 9.89 Å². The highest BCUT2D eigenvalue weighted by Crippen LogP contribution is 2.25. The summed E-state index contributed by atoms with van der Waals surface area (Å²) in [4.78, 5) is 16.8. The molecule has 3 rings (SSSR count). The van der Waals surface area contributed by atoms with E-state index in [1.807, 2.05) is 0 Å². The smallest absolute Gasteiger partial charge is 0.243 e. The Morgan fingerprint density at radius 1 is 1.19 bits per heavy atom. The first-order valence-corrected chi connectivity index (χ1v) is 12.7. The van der Waals surface area contributed by atoms with Crippen molar-refractivity contribution in [3.05, 3.63) is 70.0 Å². The topological polar surface area (TPSA) is 108 Å². The van der Waals surface area contributed by atoms with Crippen LogP contribution in [0, 0.1) is 6.92 Å². The van der Waals surface area contributed by atoms with E-state index in [2.05, 4.69) is 20.5 Å². The van der Waals surface area contributed by atoms with Crippen molar-refractivity contribution in [3.8, 4) is 0 Å². The quantitative estimate of drug-likeness (QED) is 0.317. The van der Waals surface area contributed by atoms with Crippen LogP contribution in [0.5, 0.6) is 0 Å². The van der Waals surface area contributed by atoms with Crippen molar-refractivity contribution < 1.29 is 13.2 Å². The fourth-order valence-corrected chi connectivity index (χ4v) is 5.30. The lowest BCUT2D eigenvalue weighted by atomic mass is 10.2. The number of benzene rings is 2. The van der Waals surface area contributed by atoms with Gasteiger partial charge in [-0.25, -0.2) is 13.4 Å². The van der Waals surface area contributed by atoms with Gasteiger partial charge in [-0.15, -0.1) is 5.10 Å². The molecule has 0 radical (unpaired) electrons. The molecule has 1 heterocycles. The van der Waals surface area contributed by atoms with Crippen LogP contribution in [0.2, 0.25) is 10.0 Å². The zero-order valence-electron chi connectivity index (χ0n) is 17.1. The summed E-state index contributed by atoms with van der Waals surface area (Å²) in [5.74, 6) is 0.817. The van der Waals surface area contributed by atoms with Crippen molar-refractivity contribution in [3.63, 3.8) is 0 Å². The third-order valence-electron chi connectivity index (χ3n) is 4.29. The highest BCUT2D eigenvalue weighted by molar-refractivity contribution is 7.99. The number of sulfonamides is 1. The van der Waals surface area contributed by atoms with E-state index in [1.54, 1.807) is 37.3 Å². The zero-order valence-corrected chi connectivity index (χ0v) is 20.2. The van der Waals surface area contributed by atoms with E-state index in [-0.39, 0.29) is 18.0 Å². The number of carbonyl (C=O) groups excluding carboxylic acids is 1. The maximum absolute atomic E-state index is 13.2. The zero-order chi connectivity index (χ0) is 23.1. The first kappa shape index (κ1) is 24.5. The van der Waals surface area contributed by atoms with E-state index in [1.165, 1.54) is 30.0 Å². The number of nitrogens with one attached hydrogen (secondary N) is 2. The van der Waals surface area contributed by atoms with Crippen LogP contribution < -0.4 is 5.32 Å². The molecule has 0 saturated carbocycles. The Morgan fingerprint density at radius 2 is 1.94 bits per heavy atom. The molecule has 12 heteroatoms. The van der Waals surface area contributed by atoms with Crippen LogP contribution in [0.3, 0.4) is 0 Å². The number of aromatic nitrogens is 3. The lowest BCUT2D eigenvalue weighted by Crippen LogP contribution is -2.41. The number of carbonyl (C=O) groups is 1. The third kappa shape index (κ3) is 6.69. The first-order valence-electron chi connectivity index (χ1n) is 9.53. The molecule has 0 saturated heterocycles. The average Bonchev–Trinajstić information content (AvgIpc) is 3.18. The third-order valence-corrected chi connectivity index (χ3v) is 7.54. The summed E-state index contributed by atoms with van der Waals surface area (Å²) in [6.07, 6.45) is 0. The molecule has 0 aliphatic carbocycles. The van der Waals surface area contributed by atoms with Crippen molar-refractivity contribution in [2.45, 2.75) is 23.5 Å². The molecule has 0 aliphatic heterocycles. The van der Waals surface area contributed by atoms with Gasteiger partial charge in [-0.2, -0.15) is 4.31 Å². The van der Waals surface area contributed by atoms with Gasteiger partial charge >= 0.3 is 0 Å². The molecule has 0 unspecified atom stereocenters. The van der Waals surface area contributed by atoms with Crippen molar-refractivity contribution in [2.24, 2.45) is 0 Å². The Balaban J connectivity index is 1.69. The minimum absolute atomic E-state index is 0.0775. The Hall–Kier alpha value is -2.11. The van der Waals surface area contributed by atoms with Crippen LogP contribution in [-0.4, -0.2) is 52.7 Å². The van der Waals surface area contributed by atoms with Crippen molar-refractivity contribution in [1.82, 2.24) is 24.8 Å². The lowest BCUT2D eigenvalue weighted by Gasteiger charge is -2.22. The van der Waals surface area contributed by atoms with E-state index in [9.17, 15) is 13.2 Å². The molecule has 0 spiro atoms. The summed E-state index contributed by atoms with van der Waals surface area (Å²) in [5.41, 5.74) is 0.541. The monoisotopic (exact) mass is 513 g/mol. The van der Waals surface area contributed by atoms with Crippen LogP contribution in [0.1, 0.15) is 11.4 Å². The molecule has 1 aromatic heterocycles. The van der Waals surface area contributed by atoms with Gasteiger partial charge in [0.1, 0.15) is 5.82 Å². The number of hydrogen-bond acceptors (Lipinski definition) is 6. The average molecular weight is 514 g/mol. The summed E-state index contributed by atoms with van der Waals surface area (Å²) in [7, 11) is -3.94. The van der Waals surface area contributed by atoms with Gasteiger partial charge < -0.3 is 5.32 Å². The summed E-state index contributed by atoms with van der Waals surface area (Å²) >= 11 is 13.6. The number of halogens is 2. The van der Waals surface area contributed by atoms with E-state index in [0.717, 1.165) is 4.31 Å². The van der Waals surface area contributed by atoms with Crippen LogP contribution in [0.15, 0.2) is 58.6 Å². The highest BCUT2D eigenvalue weighted by atomic mass is 35.5. The molecule has 1 amide bonds. The van der Waals surface area contributed by atoms with Crippen molar-refractivity contribution >= 4 is 50.9 Å². The number of thioether (sulfide) groups is 1. The molecule has 3 aromatic rings. The number of H-pyrrole nitrogens is 1. The fraction of sp³-hybridized carbons (Fsp3) is 0.250. The van der Waals surface area contributed by atoms with Gasteiger partial charge in [0.15, 0.2) is 0 Å². The van der Waals surface area contributed by atoms with Gasteiger partial charge in [0.25, 0.3) is 0 Å². The second-order valence-electron chi connectivity index (χ2n) is 6.72. The molecule has 0 atom stereocenters. The Labute approximate surface area is 200 Å². The minimum atomic E-state index is -3.94. The van der Waals surface area contributed by atoms with Crippen molar-refractivity contribution in [2.75, 3.05) is 18.8 Å². The number of nitrogens with zero attached hydrogens (tertiary/aromatic N) is 3. The van der Waals surface area contributed by atoms with Gasteiger partial charge in [-0.05, 0) is 36.8 Å². The molecule has 0 fully saturated rings. The van der Waals surface area contributed by atoms with Gasteiger partial charge in [0, 0.05) is 28.9 Å². The second-order valence-corrected chi connectivity index (χ2v) is 10.6. The maximum atomic E-state index is 13.2. The van der Waals surface area contributed by atoms with Gasteiger partial charge in [0.05, 0.1) is 11.4 Å². The maximum Gasteiger partial charge on any atom is 0.243 e. The second kappa shape index (κ2) is 11.2. The molecule has 170 valence electrons. The summed E-state index contributed by atoms with van der Waals surface area (Å²) in [6, 6.07) is 12.8. The first-order chi connectivity index (χ1) is 15.3. The molecule has 0 bridgehead atoms. The molecular weight excluding hydrogens is 493 g/mol. The summed E-state index contributed by atoms with van der Waals surface area (Å²) in [6.45, 7) is 1.69.